The van der Waals surface area contributed by atoms with Gasteiger partial charge in [-0.3, -0.25) is 0 Å². The van der Waals surface area contributed by atoms with Crippen LogP contribution in [0.1, 0.15) is 20.8 Å². The average Bonchev–Trinajstić information content (AvgIpc) is 2.00. The molecular weight excluding hydrogens is 219 g/mol. The highest BCUT2D eigenvalue weighted by molar-refractivity contribution is 7.86. The Balaban J connectivity index is 2.92. The van der Waals surface area contributed by atoms with Crippen molar-refractivity contribution in [2.24, 2.45) is 0 Å². The summed E-state index contributed by atoms with van der Waals surface area (Å²) in [5.74, 6) is 0.509. The monoisotopic (exact) mass is 232 g/mol. The minimum Gasteiger partial charge on any atom is -0.488 e. The van der Waals surface area contributed by atoms with Crippen LogP contribution >= 0.6 is 0 Å². The molecule has 5 heteroatoms. The van der Waals surface area contributed by atoms with E-state index < -0.39 is 10.2 Å². The molecule has 0 unspecified atom stereocenters. The summed E-state index contributed by atoms with van der Waals surface area (Å²) in [6.45, 7) is 5.60. The maximum Gasteiger partial charge on any atom is 0.332 e. The van der Waals surface area contributed by atoms with E-state index in [0.29, 0.717) is 5.75 Å². The van der Waals surface area contributed by atoms with Crippen LogP contribution in [0.5, 0.6) is 5.75 Å². The van der Waals surface area contributed by atoms with Crippen LogP contribution in [-0.4, -0.2) is 14.0 Å². The van der Waals surface area contributed by atoms with Gasteiger partial charge in [0.2, 0.25) is 0 Å². The zero-order valence-corrected chi connectivity index (χ0v) is 9.64. The summed E-state index contributed by atoms with van der Waals surface area (Å²) < 4.78 is 39.0. The van der Waals surface area contributed by atoms with Crippen molar-refractivity contribution >= 4 is 10.2 Å². The van der Waals surface area contributed by atoms with E-state index in [1.807, 2.05) is 20.8 Å². The second-order valence-electron chi connectivity index (χ2n) is 4.12. The van der Waals surface area contributed by atoms with Crippen LogP contribution in [0.25, 0.3) is 0 Å². The Labute approximate surface area is 89.1 Å². The van der Waals surface area contributed by atoms with Gasteiger partial charge >= 0.3 is 10.2 Å². The number of benzene rings is 1. The Morgan fingerprint density at radius 2 is 1.60 bits per heavy atom. The largest absolute Gasteiger partial charge is 0.488 e. The molecule has 0 saturated heterocycles. The van der Waals surface area contributed by atoms with E-state index in [9.17, 15) is 12.3 Å². The molecule has 0 fully saturated rings. The number of hydrogen-bond donors (Lipinski definition) is 0. The first-order valence-corrected chi connectivity index (χ1v) is 5.80. The second kappa shape index (κ2) is 3.81. The van der Waals surface area contributed by atoms with Gasteiger partial charge in [0.15, 0.2) is 0 Å². The van der Waals surface area contributed by atoms with Gasteiger partial charge in [-0.2, -0.15) is 8.42 Å². The highest BCUT2D eigenvalue weighted by Gasteiger charge is 2.14. The van der Waals surface area contributed by atoms with Gasteiger partial charge in [0, 0.05) is 0 Å². The lowest BCUT2D eigenvalue weighted by Gasteiger charge is -2.21. The highest BCUT2D eigenvalue weighted by atomic mass is 32.3. The SMILES string of the molecule is CC(C)(C)Oc1ccc(S(=O)(=O)F)cc1. The Morgan fingerprint density at radius 3 is 1.93 bits per heavy atom. The van der Waals surface area contributed by atoms with Gasteiger partial charge in [0.05, 0.1) is 4.90 Å². The third kappa shape index (κ3) is 3.87. The lowest BCUT2D eigenvalue weighted by Crippen LogP contribution is -2.22. The molecule has 84 valence electrons. The van der Waals surface area contributed by atoms with Crippen LogP contribution < -0.4 is 4.74 Å². The van der Waals surface area contributed by atoms with Gasteiger partial charge in [0.25, 0.3) is 0 Å². The molecule has 0 amide bonds. The van der Waals surface area contributed by atoms with Crippen molar-refractivity contribution < 1.29 is 17.0 Å². The molecule has 0 radical (unpaired) electrons. The van der Waals surface area contributed by atoms with Crippen molar-refractivity contribution in [2.45, 2.75) is 31.3 Å². The predicted molar refractivity (Wildman–Crippen MR) is 55.1 cm³/mol. The minimum atomic E-state index is -4.62. The van der Waals surface area contributed by atoms with Crippen molar-refractivity contribution in [2.75, 3.05) is 0 Å². The van der Waals surface area contributed by atoms with E-state index in [4.69, 9.17) is 4.74 Å². The van der Waals surface area contributed by atoms with Crippen LogP contribution in [0.2, 0.25) is 0 Å². The Bertz CT molecular complexity index is 429. The first-order valence-electron chi connectivity index (χ1n) is 4.42. The van der Waals surface area contributed by atoms with Crippen molar-refractivity contribution in [1.82, 2.24) is 0 Å². The van der Waals surface area contributed by atoms with E-state index in [-0.39, 0.29) is 10.5 Å². The van der Waals surface area contributed by atoms with Crippen molar-refractivity contribution in [3.05, 3.63) is 24.3 Å². The number of rotatable bonds is 2. The fraction of sp³-hybridized carbons (Fsp3) is 0.400. The smallest absolute Gasteiger partial charge is 0.332 e. The Morgan fingerprint density at radius 1 is 1.13 bits per heavy atom. The van der Waals surface area contributed by atoms with Gasteiger partial charge in [0.1, 0.15) is 11.4 Å². The molecule has 1 rings (SSSR count). The second-order valence-corrected chi connectivity index (χ2v) is 5.47. The molecule has 0 N–H and O–H groups in total. The standard InChI is InChI=1S/C10H13FO3S/c1-10(2,3)14-8-4-6-9(7-5-8)15(11,12)13/h4-7H,1-3H3. The molecular formula is C10H13FO3S. The van der Waals surface area contributed by atoms with Gasteiger partial charge in [-0.25, -0.2) is 0 Å². The van der Waals surface area contributed by atoms with Gasteiger partial charge in [-0.05, 0) is 45.0 Å². The van der Waals surface area contributed by atoms with Crippen LogP contribution in [0.4, 0.5) is 3.89 Å². The van der Waals surface area contributed by atoms with Gasteiger partial charge in [-0.15, -0.1) is 3.89 Å². The molecule has 15 heavy (non-hydrogen) atoms. The molecule has 0 aromatic heterocycles. The van der Waals surface area contributed by atoms with Gasteiger partial charge in [-0.1, -0.05) is 0 Å². The van der Waals surface area contributed by atoms with Crippen LogP contribution in [0.15, 0.2) is 29.2 Å². The summed E-state index contributed by atoms with van der Waals surface area (Å²) in [6.07, 6.45) is 0. The summed E-state index contributed by atoms with van der Waals surface area (Å²) in [5.41, 5.74) is -0.365. The number of ether oxygens (including phenoxy) is 1. The van der Waals surface area contributed by atoms with E-state index >= 15 is 0 Å². The Kier molecular flexibility index (Phi) is 3.04. The summed E-state index contributed by atoms with van der Waals surface area (Å²) >= 11 is 0. The fourth-order valence-corrected chi connectivity index (χ4v) is 1.48. The first-order chi connectivity index (χ1) is 6.68. The number of hydrogen-bond acceptors (Lipinski definition) is 3. The minimum absolute atomic E-state index is 0.358. The highest BCUT2D eigenvalue weighted by Crippen LogP contribution is 2.21. The van der Waals surface area contributed by atoms with Crippen LogP contribution in [-0.2, 0) is 10.2 Å². The summed E-state index contributed by atoms with van der Waals surface area (Å²) in [6, 6.07) is 5.21. The lowest BCUT2D eigenvalue weighted by molar-refractivity contribution is 0.131. The molecule has 0 aliphatic heterocycles. The quantitative estimate of drug-likeness (QED) is 0.736. The molecule has 1 aromatic rings. The topological polar surface area (TPSA) is 43.4 Å². The summed E-state index contributed by atoms with van der Waals surface area (Å²) in [5, 5.41) is 0. The third-order valence-corrected chi connectivity index (χ3v) is 2.36. The molecule has 3 nitrogen and oxygen atoms in total. The van der Waals surface area contributed by atoms with E-state index in [1.54, 1.807) is 0 Å². The maximum atomic E-state index is 12.5. The van der Waals surface area contributed by atoms with E-state index in [2.05, 4.69) is 0 Å². The zero-order chi connectivity index (χ0) is 11.7. The van der Waals surface area contributed by atoms with Crippen molar-refractivity contribution in [3.8, 4) is 5.75 Å². The molecule has 0 aliphatic carbocycles. The van der Waals surface area contributed by atoms with Crippen molar-refractivity contribution in [1.29, 1.82) is 0 Å². The predicted octanol–water partition coefficient (Wildman–Crippen LogP) is 2.52. The average molecular weight is 232 g/mol. The van der Waals surface area contributed by atoms with Crippen LogP contribution in [0.3, 0.4) is 0 Å². The molecule has 0 saturated carbocycles. The van der Waals surface area contributed by atoms with Crippen molar-refractivity contribution in [3.63, 3.8) is 0 Å². The molecule has 0 spiro atoms. The molecule has 0 aliphatic rings. The lowest BCUT2D eigenvalue weighted by atomic mass is 10.2. The summed E-state index contributed by atoms with van der Waals surface area (Å²) in [4.78, 5) is -0.358. The Hall–Kier alpha value is -1.10. The normalized spacial score (nSPS) is 12.5. The third-order valence-electron chi connectivity index (χ3n) is 1.53. The van der Waals surface area contributed by atoms with E-state index in [0.717, 1.165) is 0 Å². The molecule has 0 atom stereocenters. The first kappa shape index (κ1) is 12.0. The summed E-state index contributed by atoms with van der Waals surface area (Å²) in [7, 11) is -4.62. The number of halogens is 1. The fourth-order valence-electron chi connectivity index (χ4n) is 1.02. The van der Waals surface area contributed by atoms with E-state index in [1.165, 1.54) is 24.3 Å². The maximum absolute atomic E-state index is 12.5. The molecule has 0 bridgehead atoms. The van der Waals surface area contributed by atoms with Gasteiger partial charge < -0.3 is 4.74 Å². The zero-order valence-electron chi connectivity index (χ0n) is 8.82. The molecule has 0 heterocycles. The van der Waals surface area contributed by atoms with Crippen LogP contribution in [0, 0.1) is 0 Å². The molecule has 1 aromatic carbocycles.